The summed E-state index contributed by atoms with van der Waals surface area (Å²) in [5.41, 5.74) is 7.00. The number of rotatable bonds is 2. The standard InChI is InChI=1S/C24H47N/c25-22-24(20-16-12-8-5-9-13-17-21-24)23-18-14-10-6-3-1-2-4-7-11-15-19-23/h23H,1-22,25H2. The van der Waals surface area contributed by atoms with Gasteiger partial charge in [-0.2, -0.15) is 0 Å². The van der Waals surface area contributed by atoms with Gasteiger partial charge in [0.15, 0.2) is 0 Å². The molecule has 2 rings (SSSR count). The van der Waals surface area contributed by atoms with Crippen LogP contribution in [-0.4, -0.2) is 6.54 Å². The van der Waals surface area contributed by atoms with E-state index in [1.807, 2.05) is 0 Å². The maximum Gasteiger partial charge on any atom is -0.00179 e. The van der Waals surface area contributed by atoms with Crippen LogP contribution >= 0.6 is 0 Å². The molecule has 0 aromatic heterocycles. The molecule has 2 aliphatic rings. The highest BCUT2D eigenvalue weighted by Gasteiger charge is 2.36. The smallest absolute Gasteiger partial charge is 0.00179 e. The first-order chi connectivity index (χ1) is 12.4. The molecule has 0 amide bonds. The molecule has 2 aliphatic carbocycles. The van der Waals surface area contributed by atoms with Crippen LogP contribution in [0, 0.1) is 11.3 Å². The van der Waals surface area contributed by atoms with Gasteiger partial charge in [-0.15, -0.1) is 0 Å². The molecule has 148 valence electrons. The lowest BCUT2D eigenvalue weighted by atomic mass is 9.65. The van der Waals surface area contributed by atoms with Crippen molar-refractivity contribution in [3.05, 3.63) is 0 Å². The Morgan fingerprint density at radius 3 is 1.16 bits per heavy atom. The molecule has 0 aromatic carbocycles. The van der Waals surface area contributed by atoms with E-state index >= 15 is 0 Å². The van der Waals surface area contributed by atoms with Crippen molar-refractivity contribution < 1.29 is 0 Å². The van der Waals surface area contributed by atoms with Gasteiger partial charge in [0, 0.05) is 0 Å². The molecule has 2 saturated carbocycles. The Kier molecular flexibility index (Phi) is 11.2. The van der Waals surface area contributed by atoms with Crippen molar-refractivity contribution in [3.63, 3.8) is 0 Å². The molecule has 0 unspecified atom stereocenters. The van der Waals surface area contributed by atoms with Crippen LogP contribution < -0.4 is 5.73 Å². The minimum Gasteiger partial charge on any atom is -0.330 e. The van der Waals surface area contributed by atoms with E-state index in [9.17, 15) is 0 Å². The first-order valence-corrected chi connectivity index (χ1v) is 12.1. The van der Waals surface area contributed by atoms with E-state index in [0.717, 1.165) is 12.5 Å². The Labute approximate surface area is 158 Å². The molecule has 2 N–H and O–H groups in total. The second kappa shape index (κ2) is 13.2. The highest BCUT2D eigenvalue weighted by Crippen LogP contribution is 2.44. The summed E-state index contributed by atoms with van der Waals surface area (Å²) in [7, 11) is 0. The minimum atomic E-state index is 0.484. The lowest BCUT2D eigenvalue weighted by Crippen LogP contribution is -2.38. The molecule has 0 aromatic rings. The van der Waals surface area contributed by atoms with Crippen LogP contribution in [0.1, 0.15) is 135 Å². The van der Waals surface area contributed by atoms with Crippen LogP contribution in [-0.2, 0) is 0 Å². The fourth-order valence-electron chi connectivity index (χ4n) is 5.69. The Bertz CT molecular complexity index is 287. The summed E-state index contributed by atoms with van der Waals surface area (Å²) in [5, 5.41) is 0. The van der Waals surface area contributed by atoms with Gasteiger partial charge in [0.05, 0.1) is 0 Å². The Morgan fingerprint density at radius 2 is 0.800 bits per heavy atom. The van der Waals surface area contributed by atoms with E-state index in [1.54, 1.807) is 0 Å². The van der Waals surface area contributed by atoms with Gasteiger partial charge in [-0.3, -0.25) is 0 Å². The van der Waals surface area contributed by atoms with Crippen molar-refractivity contribution >= 4 is 0 Å². The Hall–Kier alpha value is -0.0400. The molecule has 1 heteroatoms. The topological polar surface area (TPSA) is 26.0 Å². The third kappa shape index (κ3) is 8.02. The van der Waals surface area contributed by atoms with E-state index in [2.05, 4.69) is 0 Å². The molecule has 1 nitrogen and oxygen atoms in total. The summed E-state index contributed by atoms with van der Waals surface area (Å²) in [6.07, 6.45) is 30.7. The van der Waals surface area contributed by atoms with E-state index in [0.29, 0.717) is 5.41 Å². The summed E-state index contributed by atoms with van der Waals surface area (Å²) >= 11 is 0. The zero-order chi connectivity index (χ0) is 17.6. The molecule has 0 atom stereocenters. The van der Waals surface area contributed by atoms with Gasteiger partial charge in [-0.05, 0) is 43.6 Å². The van der Waals surface area contributed by atoms with Crippen molar-refractivity contribution in [2.24, 2.45) is 17.1 Å². The number of hydrogen-bond donors (Lipinski definition) is 1. The molecule has 0 radical (unpaired) electrons. The largest absolute Gasteiger partial charge is 0.330 e. The zero-order valence-electron chi connectivity index (χ0n) is 17.2. The summed E-state index contributed by atoms with van der Waals surface area (Å²) < 4.78 is 0. The molecule has 0 saturated heterocycles. The quantitative estimate of drug-likeness (QED) is 0.541. The summed E-state index contributed by atoms with van der Waals surface area (Å²) in [6.45, 7) is 0.956. The molecule has 0 aliphatic heterocycles. The predicted octanol–water partition coefficient (Wildman–Crippen LogP) is 7.77. The van der Waals surface area contributed by atoms with Crippen molar-refractivity contribution in [2.75, 3.05) is 6.54 Å². The average Bonchev–Trinajstić information content (AvgIpc) is 2.67. The van der Waals surface area contributed by atoms with Crippen LogP contribution in [0.5, 0.6) is 0 Å². The molecule has 25 heavy (non-hydrogen) atoms. The lowest BCUT2D eigenvalue weighted by Gasteiger charge is -2.42. The predicted molar refractivity (Wildman–Crippen MR) is 112 cm³/mol. The minimum absolute atomic E-state index is 0.484. The van der Waals surface area contributed by atoms with Gasteiger partial charge in [-0.1, -0.05) is 109 Å². The summed E-state index contributed by atoms with van der Waals surface area (Å²) in [6, 6.07) is 0. The van der Waals surface area contributed by atoms with Crippen molar-refractivity contribution in [1.29, 1.82) is 0 Å². The van der Waals surface area contributed by atoms with Gasteiger partial charge in [0.1, 0.15) is 0 Å². The summed E-state index contributed by atoms with van der Waals surface area (Å²) in [5.74, 6) is 0.915. The van der Waals surface area contributed by atoms with Gasteiger partial charge in [0.25, 0.3) is 0 Å². The Balaban J connectivity index is 1.99. The second-order valence-corrected chi connectivity index (χ2v) is 9.35. The monoisotopic (exact) mass is 349 g/mol. The highest BCUT2D eigenvalue weighted by molar-refractivity contribution is 4.88. The lowest BCUT2D eigenvalue weighted by molar-refractivity contribution is 0.104. The van der Waals surface area contributed by atoms with Crippen LogP contribution in [0.15, 0.2) is 0 Å². The van der Waals surface area contributed by atoms with E-state index in [4.69, 9.17) is 5.73 Å². The van der Waals surface area contributed by atoms with Crippen molar-refractivity contribution in [1.82, 2.24) is 0 Å². The number of hydrogen-bond acceptors (Lipinski definition) is 1. The SMILES string of the molecule is NCC1(C2CCCCCCCCCCCC2)CCCCCCCCC1. The van der Waals surface area contributed by atoms with Gasteiger partial charge in [0.2, 0.25) is 0 Å². The van der Waals surface area contributed by atoms with E-state index in [-0.39, 0.29) is 0 Å². The normalized spacial score (nSPS) is 26.8. The average molecular weight is 350 g/mol. The van der Waals surface area contributed by atoms with Crippen LogP contribution in [0.3, 0.4) is 0 Å². The van der Waals surface area contributed by atoms with Crippen LogP contribution in [0.2, 0.25) is 0 Å². The van der Waals surface area contributed by atoms with Crippen LogP contribution in [0.25, 0.3) is 0 Å². The molecule has 0 heterocycles. The first-order valence-electron chi connectivity index (χ1n) is 12.1. The number of nitrogens with two attached hydrogens (primary N) is 1. The summed E-state index contributed by atoms with van der Waals surface area (Å²) in [4.78, 5) is 0. The van der Waals surface area contributed by atoms with Crippen molar-refractivity contribution in [3.8, 4) is 0 Å². The van der Waals surface area contributed by atoms with Gasteiger partial charge >= 0.3 is 0 Å². The van der Waals surface area contributed by atoms with Crippen LogP contribution in [0.4, 0.5) is 0 Å². The molecular formula is C24H47N. The fraction of sp³-hybridized carbons (Fsp3) is 1.00. The maximum absolute atomic E-state index is 6.52. The van der Waals surface area contributed by atoms with Gasteiger partial charge < -0.3 is 5.73 Å². The third-order valence-electron chi connectivity index (χ3n) is 7.48. The molecular weight excluding hydrogens is 302 g/mol. The maximum atomic E-state index is 6.52. The highest BCUT2D eigenvalue weighted by atomic mass is 14.6. The van der Waals surface area contributed by atoms with E-state index in [1.165, 1.54) is 135 Å². The molecule has 0 spiro atoms. The van der Waals surface area contributed by atoms with E-state index < -0.39 is 0 Å². The fourth-order valence-corrected chi connectivity index (χ4v) is 5.69. The molecule has 0 bridgehead atoms. The molecule has 2 fully saturated rings. The van der Waals surface area contributed by atoms with Crippen molar-refractivity contribution in [2.45, 2.75) is 135 Å². The Morgan fingerprint density at radius 1 is 0.480 bits per heavy atom. The zero-order valence-corrected chi connectivity index (χ0v) is 17.2. The van der Waals surface area contributed by atoms with Gasteiger partial charge in [-0.25, -0.2) is 0 Å². The second-order valence-electron chi connectivity index (χ2n) is 9.35. The first kappa shape index (κ1) is 21.3. The third-order valence-corrected chi connectivity index (χ3v) is 7.48.